The van der Waals surface area contributed by atoms with Crippen molar-refractivity contribution in [1.29, 1.82) is 0 Å². The van der Waals surface area contributed by atoms with E-state index in [1.54, 1.807) is 0 Å². The summed E-state index contributed by atoms with van der Waals surface area (Å²) in [5, 5.41) is 3.38. The molecule has 0 aromatic carbocycles. The van der Waals surface area contributed by atoms with Crippen molar-refractivity contribution in [3.63, 3.8) is 0 Å². The van der Waals surface area contributed by atoms with E-state index in [0.717, 1.165) is 6.61 Å². The normalized spacial score (nSPS) is 29.6. The van der Waals surface area contributed by atoms with Crippen molar-refractivity contribution in [2.45, 2.75) is 31.8 Å². The van der Waals surface area contributed by atoms with E-state index in [1.807, 2.05) is 0 Å². The van der Waals surface area contributed by atoms with Crippen LogP contribution in [0.15, 0.2) is 0 Å². The highest BCUT2D eigenvalue weighted by atomic mass is 16.5. The Morgan fingerprint density at radius 2 is 2.14 bits per heavy atom. The van der Waals surface area contributed by atoms with Gasteiger partial charge in [0.15, 0.2) is 0 Å². The van der Waals surface area contributed by atoms with E-state index in [4.69, 9.17) is 4.74 Å². The molecule has 14 heavy (non-hydrogen) atoms. The lowest BCUT2D eigenvalue weighted by atomic mass is 10.1. The second kappa shape index (κ2) is 5.69. The van der Waals surface area contributed by atoms with Crippen molar-refractivity contribution in [2.75, 3.05) is 39.3 Å². The predicted molar refractivity (Wildman–Crippen MR) is 57.5 cm³/mol. The maximum atomic E-state index is 5.61. The molecule has 0 saturated carbocycles. The van der Waals surface area contributed by atoms with E-state index < -0.39 is 0 Å². The molecule has 2 rings (SSSR count). The molecule has 0 spiro atoms. The fraction of sp³-hybridized carbons (Fsp3) is 1.00. The van der Waals surface area contributed by atoms with Crippen LogP contribution in [0.25, 0.3) is 0 Å². The highest BCUT2D eigenvalue weighted by Gasteiger charge is 2.15. The molecule has 2 fully saturated rings. The van der Waals surface area contributed by atoms with Gasteiger partial charge in [-0.15, -0.1) is 0 Å². The van der Waals surface area contributed by atoms with Crippen molar-refractivity contribution in [3.05, 3.63) is 0 Å². The fourth-order valence-corrected chi connectivity index (χ4v) is 2.35. The number of hydrogen-bond acceptors (Lipinski definition) is 3. The van der Waals surface area contributed by atoms with Gasteiger partial charge in [-0.3, -0.25) is 0 Å². The maximum absolute atomic E-state index is 5.61. The minimum Gasteiger partial charge on any atom is -0.378 e. The topological polar surface area (TPSA) is 24.5 Å². The molecular formula is C11H22N2O. The number of nitrogens with one attached hydrogen (secondary N) is 1. The lowest BCUT2D eigenvalue weighted by molar-refractivity contribution is 0.0980. The van der Waals surface area contributed by atoms with Crippen LogP contribution >= 0.6 is 0 Å². The zero-order valence-electron chi connectivity index (χ0n) is 9.00. The molecule has 0 radical (unpaired) electrons. The van der Waals surface area contributed by atoms with Crippen molar-refractivity contribution < 1.29 is 4.74 Å². The van der Waals surface area contributed by atoms with Gasteiger partial charge in [-0.1, -0.05) is 0 Å². The average Bonchev–Trinajstić information content (AvgIpc) is 2.72. The predicted octanol–water partition coefficient (Wildman–Crippen LogP) is 0.851. The molecule has 1 atom stereocenters. The number of nitrogens with zero attached hydrogens (tertiary/aromatic N) is 1. The molecule has 82 valence electrons. The Morgan fingerprint density at radius 3 is 2.86 bits per heavy atom. The monoisotopic (exact) mass is 198 g/mol. The Balaban J connectivity index is 1.52. The standard InChI is InChI=1S/C11H22N2O/c1(3-11-4-2-10-14-11)7-13-8-5-12-6-9-13/h11-12H,1-10H2. The summed E-state index contributed by atoms with van der Waals surface area (Å²) in [4.78, 5) is 2.56. The molecule has 0 bridgehead atoms. The third-order valence-corrected chi connectivity index (χ3v) is 3.23. The first-order valence-corrected chi connectivity index (χ1v) is 6.00. The van der Waals surface area contributed by atoms with Crippen molar-refractivity contribution in [1.82, 2.24) is 10.2 Å². The second-order valence-electron chi connectivity index (χ2n) is 4.37. The SMILES string of the molecule is C1COC(CCCN2CCNCC2)C1. The quantitative estimate of drug-likeness (QED) is 0.725. The first kappa shape index (κ1) is 10.4. The van der Waals surface area contributed by atoms with E-state index in [-0.39, 0.29) is 0 Å². The van der Waals surface area contributed by atoms with E-state index >= 15 is 0 Å². The number of hydrogen-bond donors (Lipinski definition) is 1. The van der Waals surface area contributed by atoms with E-state index in [9.17, 15) is 0 Å². The van der Waals surface area contributed by atoms with Gasteiger partial charge in [0, 0.05) is 32.8 Å². The summed E-state index contributed by atoms with van der Waals surface area (Å²) < 4.78 is 5.61. The molecule has 1 unspecified atom stereocenters. The number of piperazine rings is 1. The van der Waals surface area contributed by atoms with Crippen LogP contribution in [-0.4, -0.2) is 50.3 Å². The van der Waals surface area contributed by atoms with Crippen LogP contribution in [0.5, 0.6) is 0 Å². The van der Waals surface area contributed by atoms with Gasteiger partial charge < -0.3 is 15.0 Å². The molecule has 0 aliphatic carbocycles. The summed E-state index contributed by atoms with van der Waals surface area (Å²) in [6.07, 6.45) is 5.73. The Bertz CT molecular complexity index is 151. The maximum Gasteiger partial charge on any atom is 0.0576 e. The van der Waals surface area contributed by atoms with Crippen LogP contribution in [0.4, 0.5) is 0 Å². The number of ether oxygens (including phenoxy) is 1. The Hall–Kier alpha value is -0.120. The van der Waals surface area contributed by atoms with Crippen LogP contribution in [0, 0.1) is 0 Å². The first-order valence-electron chi connectivity index (χ1n) is 6.00. The third-order valence-electron chi connectivity index (χ3n) is 3.23. The smallest absolute Gasteiger partial charge is 0.0576 e. The molecule has 0 aromatic rings. The van der Waals surface area contributed by atoms with Gasteiger partial charge in [-0.2, -0.15) is 0 Å². The van der Waals surface area contributed by atoms with Gasteiger partial charge in [0.1, 0.15) is 0 Å². The Morgan fingerprint density at radius 1 is 1.29 bits per heavy atom. The van der Waals surface area contributed by atoms with Gasteiger partial charge >= 0.3 is 0 Å². The summed E-state index contributed by atoms with van der Waals surface area (Å²) in [7, 11) is 0. The van der Waals surface area contributed by atoms with Crippen molar-refractivity contribution in [3.8, 4) is 0 Å². The molecule has 0 amide bonds. The third kappa shape index (κ3) is 3.23. The second-order valence-corrected chi connectivity index (χ2v) is 4.37. The zero-order valence-corrected chi connectivity index (χ0v) is 9.00. The van der Waals surface area contributed by atoms with E-state index in [0.29, 0.717) is 6.10 Å². The highest BCUT2D eigenvalue weighted by molar-refractivity contribution is 4.70. The zero-order chi connectivity index (χ0) is 9.64. The largest absolute Gasteiger partial charge is 0.378 e. The van der Waals surface area contributed by atoms with Gasteiger partial charge in [-0.05, 0) is 32.2 Å². The fourth-order valence-electron chi connectivity index (χ4n) is 2.35. The summed E-state index contributed by atoms with van der Waals surface area (Å²) in [5.74, 6) is 0. The van der Waals surface area contributed by atoms with E-state index in [2.05, 4.69) is 10.2 Å². The molecular weight excluding hydrogens is 176 g/mol. The summed E-state index contributed by atoms with van der Waals surface area (Å²) in [5.41, 5.74) is 0. The molecule has 2 aliphatic heterocycles. The summed E-state index contributed by atoms with van der Waals surface area (Å²) in [6.45, 7) is 7.05. The van der Waals surface area contributed by atoms with Crippen LogP contribution in [-0.2, 0) is 4.74 Å². The lowest BCUT2D eigenvalue weighted by Gasteiger charge is -2.27. The minimum atomic E-state index is 0.581. The summed E-state index contributed by atoms with van der Waals surface area (Å²) >= 11 is 0. The lowest BCUT2D eigenvalue weighted by Crippen LogP contribution is -2.43. The van der Waals surface area contributed by atoms with Crippen LogP contribution in [0.1, 0.15) is 25.7 Å². The van der Waals surface area contributed by atoms with Crippen LogP contribution < -0.4 is 5.32 Å². The van der Waals surface area contributed by atoms with Crippen LogP contribution in [0.3, 0.4) is 0 Å². The highest BCUT2D eigenvalue weighted by Crippen LogP contribution is 2.16. The van der Waals surface area contributed by atoms with Gasteiger partial charge in [0.25, 0.3) is 0 Å². The minimum absolute atomic E-state index is 0.581. The van der Waals surface area contributed by atoms with Gasteiger partial charge in [0.05, 0.1) is 6.10 Å². The molecule has 3 nitrogen and oxygen atoms in total. The van der Waals surface area contributed by atoms with Gasteiger partial charge in [-0.25, -0.2) is 0 Å². The molecule has 2 aliphatic rings. The molecule has 1 N–H and O–H groups in total. The molecule has 3 heteroatoms. The average molecular weight is 198 g/mol. The number of rotatable bonds is 4. The molecule has 0 aromatic heterocycles. The Kier molecular flexibility index (Phi) is 4.22. The van der Waals surface area contributed by atoms with Crippen molar-refractivity contribution in [2.24, 2.45) is 0 Å². The first-order chi connectivity index (χ1) is 6.95. The Labute approximate surface area is 86.8 Å². The van der Waals surface area contributed by atoms with Crippen LogP contribution in [0.2, 0.25) is 0 Å². The van der Waals surface area contributed by atoms with E-state index in [1.165, 1.54) is 58.4 Å². The van der Waals surface area contributed by atoms with Crippen molar-refractivity contribution >= 4 is 0 Å². The summed E-state index contributed by atoms with van der Waals surface area (Å²) in [6, 6.07) is 0. The van der Waals surface area contributed by atoms with Gasteiger partial charge in [0.2, 0.25) is 0 Å². The molecule has 2 heterocycles. The molecule has 2 saturated heterocycles.